The molecule has 0 unspecified atom stereocenters. The maximum atomic E-state index is 5.97. The van der Waals surface area contributed by atoms with Crippen LogP contribution < -0.4 is 34.3 Å². The number of ether oxygens (including phenoxy) is 2. The van der Waals surface area contributed by atoms with Crippen molar-refractivity contribution in [2.24, 2.45) is 0 Å². The number of benzene rings is 2. The van der Waals surface area contributed by atoms with Crippen LogP contribution in [0.2, 0.25) is 0 Å². The summed E-state index contributed by atoms with van der Waals surface area (Å²) in [6, 6.07) is 14.5. The van der Waals surface area contributed by atoms with Crippen molar-refractivity contribution in [1.29, 1.82) is 0 Å². The van der Waals surface area contributed by atoms with Crippen LogP contribution in [-0.4, -0.2) is 67.3 Å². The number of halogens is 2. The smallest absolute Gasteiger partial charge is 1.00 e. The molecule has 184 valence electrons. The normalized spacial score (nSPS) is 10.6. The van der Waals surface area contributed by atoms with Crippen LogP contribution in [-0.2, 0) is 17.1 Å². The Kier molecular flexibility index (Phi) is 15.7. The summed E-state index contributed by atoms with van der Waals surface area (Å²) in [6.45, 7) is 16.1. The van der Waals surface area contributed by atoms with E-state index in [0.717, 1.165) is 72.6 Å². The largest absolute Gasteiger partial charge is 2.00 e. The number of nitrogens with zero attached hydrogens (tertiary/aromatic N) is 3. The van der Waals surface area contributed by atoms with E-state index in [1.54, 1.807) is 0 Å². The van der Waals surface area contributed by atoms with Gasteiger partial charge in [-0.2, -0.15) is 0 Å². The second-order valence-electron chi connectivity index (χ2n) is 7.45. The summed E-state index contributed by atoms with van der Waals surface area (Å²) >= 11 is 0. The molecule has 0 bridgehead atoms. The molecule has 33 heavy (non-hydrogen) atoms. The van der Waals surface area contributed by atoms with Gasteiger partial charge in [-0.1, -0.05) is 27.7 Å². The van der Waals surface area contributed by atoms with Crippen molar-refractivity contribution in [3.63, 3.8) is 0 Å². The zero-order chi connectivity index (χ0) is 21.3. The number of rotatable bonds is 12. The molecular weight excluding hydrogens is 501 g/mol. The van der Waals surface area contributed by atoms with Crippen LogP contribution in [0, 0.1) is 0 Å². The fraction of sp³-hybridized carbons (Fsp3) is 0.480. The van der Waals surface area contributed by atoms with Gasteiger partial charge >= 0.3 is 17.1 Å². The van der Waals surface area contributed by atoms with Gasteiger partial charge in [0.05, 0.1) is 11.0 Å². The quantitative estimate of drug-likeness (QED) is 0.216. The van der Waals surface area contributed by atoms with Gasteiger partial charge < -0.3 is 44.1 Å². The van der Waals surface area contributed by atoms with Crippen LogP contribution in [0.15, 0.2) is 42.5 Å². The summed E-state index contributed by atoms with van der Waals surface area (Å²) in [4.78, 5) is 9.58. The molecule has 0 atom stereocenters. The minimum absolute atomic E-state index is 0. The fourth-order valence-electron chi connectivity index (χ4n) is 3.63. The van der Waals surface area contributed by atoms with Crippen molar-refractivity contribution in [1.82, 2.24) is 14.8 Å². The van der Waals surface area contributed by atoms with Crippen molar-refractivity contribution in [3.05, 3.63) is 42.5 Å². The van der Waals surface area contributed by atoms with Gasteiger partial charge in [-0.3, -0.25) is 0 Å². The van der Waals surface area contributed by atoms with Crippen LogP contribution in [0.4, 0.5) is 0 Å². The molecular formula is C25H35Cl2FeN3O2. The van der Waals surface area contributed by atoms with Crippen LogP contribution in [0.5, 0.6) is 11.5 Å². The molecule has 0 aliphatic carbocycles. The SMILES string of the molecule is CCN(CC)CCOc1ccc2cc3ccc(OCCN(CC)CC)cc3nc2c1.[Cl-].[Cl-].[Fe+2]. The van der Waals surface area contributed by atoms with Crippen molar-refractivity contribution in [2.75, 3.05) is 52.5 Å². The molecule has 0 aliphatic rings. The summed E-state index contributed by atoms with van der Waals surface area (Å²) in [7, 11) is 0. The fourth-order valence-corrected chi connectivity index (χ4v) is 3.63. The van der Waals surface area contributed by atoms with E-state index in [4.69, 9.17) is 14.5 Å². The second-order valence-corrected chi connectivity index (χ2v) is 7.45. The monoisotopic (exact) mass is 535 g/mol. The first-order valence-electron chi connectivity index (χ1n) is 11.2. The molecule has 1 aromatic heterocycles. The maximum absolute atomic E-state index is 5.97. The van der Waals surface area contributed by atoms with E-state index < -0.39 is 0 Å². The van der Waals surface area contributed by atoms with Gasteiger partial charge in [-0.25, -0.2) is 4.98 Å². The van der Waals surface area contributed by atoms with Gasteiger partial charge in [0.2, 0.25) is 0 Å². The van der Waals surface area contributed by atoms with Gasteiger partial charge in [0.15, 0.2) is 0 Å². The summed E-state index contributed by atoms with van der Waals surface area (Å²) in [5.41, 5.74) is 1.89. The van der Waals surface area contributed by atoms with E-state index in [1.807, 2.05) is 24.3 Å². The average Bonchev–Trinajstić information content (AvgIpc) is 2.78. The molecule has 5 nitrogen and oxygen atoms in total. The molecule has 0 radical (unpaired) electrons. The maximum Gasteiger partial charge on any atom is 2.00 e. The third-order valence-electron chi connectivity index (χ3n) is 5.70. The van der Waals surface area contributed by atoms with Crippen molar-refractivity contribution < 1.29 is 51.4 Å². The Morgan fingerprint density at radius 1 is 0.636 bits per heavy atom. The first-order chi connectivity index (χ1) is 14.7. The zero-order valence-corrected chi connectivity index (χ0v) is 22.6. The van der Waals surface area contributed by atoms with Crippen LogP contribution in [0.1, 0.15) is 27.7 Å². The summed E-state index contributed by atoms with van der Waals surface area (Å²) in [5, 5.41) is 2.24. The Labute approximate surface area is 221 Å². The Hall–Kier alpha value is -1.27. The molecule has 0 amide bonds. The molecule has 3 rings (SSSR count). The predicted molar refractivity (Wildman–Crippen MR) is 126 cm³/mol. The van der Waals surface area contributed by atoms with Crippen molar-refractivity contribution in [3.8, 4) is 11.5 Å². The number of hydrogen-bond donors (Lipinski definition) is 0. The van der Waals surface area contributed by atoms with Gasteiger partial charge in [-0.05, 0) is 56.5 Å². The van der Waals surface area contributed by atoms with Gasteiger partial charge in [0.25, 0.3) is 0 Å². The first kappa shape index (κ1) is 31.7. The van der Waals surface area contributed by atoms with E-state index in [1.165, 1.54) is 0 Å². The van der Waals surface area contributed by atoms with Crippen LogP contribution in [0.25, 0.3) is 21.8 Å². The van der Waals surface area contributed by atoms with Crippen LogP contribution >= 0.6 is 0 Å². The van der Waals surface area contributed by atoms with E-state index in [2.05, 4.69) is 55.7 Å². The van der Waals surface area contributed by atoms with Gasteiger partial charge in [-0.15, -0.1) is 0 Å². The second kappa shape index (κ2) is 16.4. The number of aromatic nitrogens is 1. The molecule has 1 heterocycles. The molecule has 0 spiro atoms. The summed E-state index contributed by atoms with van der Waals surface area (Å²) in [6.07, 6.45) is 0. The summed E-state index contributed by atoms with van der Waals surface area (Å²) < 4.78 is 11.9. The predicted octanol–water partition coefficient (Wildman–Crippen LogP) is -1.17. The van der Waals surface area contributed by atoms with Crippen LogP contribution in [0.3, 0.4) is 0 Å². The van der Waals surface area contributed by atoms with E-state index in [9.17, 15) is 0 Å². The van der Waals surface area contributed by atoms with Crippen molar-refractivity contribution >= 4 is 21.8 Å². The standard InChI is InChI=1S/C25H35N3O2.2ClH.Fe/c1-5-27(6-2)13-15-29-22-11-9-20-17-21-10-12-23(19-25(21)26-24(20)18-22)30-16-14-28(7-3)8-4;;;/h9-12,17-19H,5-8,13-16H2,1-4H3;2*1H;/q;;;+2/p-2. The number of likely N-dealkylation sites (N-methyl/N-ethyl adjacent to an activating group) is 2. The number of pyridine rings is 1. The first-order valence-corrected chi connectivity index (χ1v) is 11.2. The molecule has 0 fully saturated rings. The average molecular weight is 536 g/mol. The Balaban J connectivity index is 0.00000341. The van der Waals surface area contributed by atoms with E-state index in [0.29, 0.717) is 13.2 Å². The molecule has 3 aromatic rings. The van der Waals surface area contributed by atoms with E-state index in [-0.39, 0.29) is 41.9 Å². The zero-order valence-electron chi connectivity index (χ0n) is 20.0. The number of fused-ring (bicyclic) bond motifs is 2. The third-order valence-corrected chi connectivity index (χ3v) is 5.70. The van der Waals surface area contributed by atoms with Crippen molar-refractivity contribution in [2.45, 2.75) is 27.7 Å². The number of hydrogen-bond acceptors (Lipinski definition) is 5. The minimum Gasteiger partial charge on any atom is -1.00 e. The molecule has 0 saturated heterocycles. The molecule has 0 aliphatic heterocycles. The molecule has 2 aromatic carbocycles. The Bertz CT molecular complexity index is 880. The van der Waals surface area contributed by atoms with Gasteiger partial charge in [0.1, 0.15) is 24.7 Å². The Morgan fingerprint density at radius 3 is 1.39 bits per heavy atom. The van der Waals surface area contributed by atoms with E-state index >= 15 is 0 Å². The molecule has 8 heteroatoms. The topological polar surface area (TPSA) is 37.8 Å². The molecule has 0 N–H and O–H groups in total. The van der Waals surface area contributed by atoms with Gasteiger partial charge in [0, 0.05) is 36.0 Å². The Morgan fingerprint density at radius 2 is 1.03 bits per heavy atom. The molecule has 0 saturated carbocycles. The summed E-state index contributed by atoms with van der Waals surface area (Å²) in [5.74, 6) is 1.74. The third kappa shape index (κ3) is 9.12. The minimum atomic E-state index is 0.